The zero-order valence-corrected chi connectivity index (χ0v) is 13.2. The second kappa shape index (κ2) is 8.43. The van der Waals surface area contributed by atoms with Gasteiger partial charge in [-0.1, -0.05) is 38.1 Å². The molecule has 1 unspecified atom stereocenters. The lowest BCUT2D eigenvalue weighted by Gasteiger charge is -2.31. The molecule has 0 spiro atoms. The van der Waals surface area contributed by atoms with Gasteiger partial charge in [-0.3, -0.25) is 4.90 Å². The van der Waals surface area contributed by atoms with Gasteiger partial charge in [-0.2, -0.15) is 0 Å². The number of hydrogen-bond donors (Lipinski definition) is 1. The molecule has 0 radical (unpaired) electrons. The number of hydrogen-bond acceptors (Lipinski definition) is 2. The van der Waals surface area contributed by atoms with Crippen molar-refractivity contribution >= 4 is 0 Å². The highest BCUT2D eigenvalue weighted by atomic mass is 15.1. The van der Waals surface area contributed by atoms with Crippen molar-refractivity contribution in [3.05, 3.63) is 35.4 Å². The Morgan fingerprint density at radius 3 is 2.75 bits per heavy atom. The molecule has 20 heavy (non-hydrogen) atoms. The van der Waals surface area contributed by atoms with Crippen LogP contribution in [0.2, 0.25) is 0 Å². The van der Waals surface area contributed by atoms with Gasteiger partial charge in [0.1, 0.15) is 0 Å². The summed E-state index contributed by atoms with van der Waals surface area (Å²) >= 11 is 0. The van der Waals surface area contributed by atoms with Gasteiger partial charge in [0.15, 0.2) is 0 Å². The van der Waals surface area contributed by atoms with E-state index < -0.39 is 0 Å². The van der Waals surface area contributed by atoms with Crippen LogP contribution < -0.4 is 5.32 Å². The van der Waals surface area contributed by atoms with Crippen molar-refractivity contribution in [3.8, 4) is 0 Å². The van der Waals surface area contributed by atoms with Crippen LogP contribution in [0.15, 0.2) is 24.3 Å². The topological polar surface area (TPSA) is 15.3 Å². The first kappa shape index (κ1) is 15.5. The first-order valence-electron chi connectivity index (χ1n) is 8.29. The summed E-state index contributed by atoms with van der Waals surface area (Å²) in [7, 11) is 0. The van der Waals surface area contributed by atoms with E-state index in [9.17, 15) is 0 Å². The summed E-state index contributed by atoms with van der Waals surface area (Å²) in [6.45, 7) is 10.5. The summed E-state index contributed by atoms with van der Waals surface area (Å²) in [4.78, 5) is 2.63. The Morgan fingerprint density at radius 1 is 1.20 bits per heavy atom. The molecule has 1 saturated heterocycles. The zero-order valence-electron chi connectivity index (χ0n) is 13.2. The van der Waals surface area contributed by atoms with Gasteiger partial charge in [0.2, 0.25) is 0 Å². The van der Waals surface area contributed by atoms with Crippen LogP contribution in [0, 0.1) is 5.92 Å². The molecule has 0 saturated carbocycles. The molecule has 1 aromatic rings. The van der Waals surface area contributed by atoms with E-state index in [4.69, 9.17) is 0 Å². The number of rotatable bonds is 7. The van der Waals surface area contributed by atoms with Crippen LogP contribution in [0.5, 0.6) is 0 Å². The zero-order chi connectivity index (χ0) is 14.2. The van der Waals surface area contributed by atoms with E-state index in [-0.39, 0.29) is 0 Å². The van der Waals surface area contributed by atoms with Crippen LogP contribution in [-0.2, 0) is 13.0 Å². The molecule has 1 atom stereocenters. The van der Waals surface area contributed by atoms with Crippen molar-refractivity contribution < 1.29 is 0 Å². The summed E-state index contributed by atoms with van der Waals surface area (Å²) < 4.78 is 0. The Hall–Kier alpha value is -0.860. The second-order valence-corrected chi connectivity index (χ2v) is 6.25. The van der Waals surface area contributed by atoms with Crippen molar-refractivity contribution in [2.24, 2.45) is 5.92 Å². The Bertz CT molecular complexity index is 389. The fourth-order valence-corrected chi connectivity index (χ4v) is 3.15. The number of likely N-dealkylation sites (tertiary alicyclic amines) is 1. The predicted molar refractivity (Wildman–Crippen MR) is 87.0 cm³/mol. The quantitative estimate of drug-likeness (QED) is 0.766. The number of benzene rings is 1. The average molecular weight is 274 g/mol. The SMILES string of the molecule is CCCNCCc1ccccc1CN1CCCC(C)C1. The average Bonchev–Trinajstić information content (AvgIpc) is 2.45. The third-order valence-electron chi connectivity index (χ3n) is 4.25. The van der Waals surface area contributed by atoms with Crippen LogP contribution >= 0.6 is 0 Å². The lowest BCUT2D eigenvalue weighted by Crippen LogP contribution is -2.34. The fraction of sp³-hybridized carbons (Fsp3) is 0.667. The van der Waals surface area contributed by atoms with Gasteiger partial charge < -0.3 is 5.32 Å². The van der Waals surface area contributed by atoms with Crippen LogP contribution in [0.4, 0.5) is 0 Å². The van der Waals surface area contributed by atoms with E-state index in [1.807, 2.05) is 0 Å². The summed E-state index contributed by atoms with van der Waals surface area (Å²) in [5, 5.41) is 3.51. The molecule has 2 nitrogen and oxygen atoms in total. The summed E-state index contributed by atoms with van der Waals surface area (Å²) in [5.41, 5.74) is 3.05. The molecule has 1 aliphatic heterocycles. The van der Waals surface area contributed by atoms with Crippen molar-refractivity contribution in [1.82, 2.24) is 10.2 Å². The molecule has 2 heteroatoms. The largest absolute Gasteiger partial charge is 0.316 e. The van der Waals surface area contributed by atoms with Gasteiger partial charge >= 0.3 is 0 Å². The molecule has 1 N–H and O–H groups in total. The maximum atomic E-state index is 3.51. The molecule has 0 aliphatic carbocycles. The van der Waals surface area contributed by atoms with E-state index in [1.165, 1.54) is 43.5 Å². The van der Waals surface area contributed by atoms with Gasteiger partial charge in [-0.25, -0.2) is 0 Å². The van der Waals surface area contributed by atoms with Gasteiger partial charge in [0.05, 0.1) is 0 Å². The maximum absolute atomic E-state index is 3.51. The minimum absolute atomic E-state index is 0.863. The summed E-state index contributed by atoms with van der Waals surface area (Å²) in [6, 6.07) is 8.98. The van der Waals surface area contributed by atoms with E-state index >= 15 is 0 Å². The normalized spacial score (nSPS) is 20.2. The highest BCUT2D eigenvalue weighted by Crippen LogP contribution is 2.19. The molecule has 1 aromatic carbocycles. The third-order valence-corrected chi connectivity index (χ3v) is 4.25. The first-order chi connectivity index (χ1) is 9.79. The third kappa shape index (κ3) is 4.92. The van der Waals surface area contributed by atoms with Crippen LogP contribution in [0.1, 0.15) is 44.2 Å². The molecule has 0 aromatic heterocycles. The molecule has 112 valence electrons. The molecule has 1 aliphatic rings. The van der Waals surface area contributed by atoms with E-state index in [0.29, 0.717) is 0 Å². The highest BCUT2D eigenvalue weighted by Gasteiger charge is 2.17. The molecule has 0 amide bonds. The smallest absolute Gasteiger partial charge is 0.0236 e. The Labute approximate surface area is 124 Å². The van der Waals surface area contributed by atoms with Crippen molar-refractivity contribution in [3.63, 3.8) is 0 Å². The van der Waals surface area contributed by atoms with E-state index in [2.05, 4.69) is 48.3 Å². The van der Waals surface area contributed by atoms with E-state index in [0.717, 1.165) is 32.0 Å². The van der Waals surface area contributed by atoms with Crippen LogP contribution in [0.25, 0.3) is 0 Å². The molecule has 0 bridgehead atoms. The molecular formula is C18H30N2. The first-order valence-corrected chi connectivity index (χ1v) is 8.29. The lowest BCUT2D eigenvalue weighted by molar-refractivity contribution is 0.176. The standard InChI is InChI=1S/C18H30N2/c1-3-11-19-12-10-17-8-4-5-9-18(17)15-20-13-6-7-16(2)14-20/h4-5,8-9,16,19H,3,6-7,10-15H2,1-2H3. The van der Waals surface area contributed by atoms with E-state index in [1.54, 1.807) is 0 Å². The van der Waals surface area contributed by atoms with Crippen LogP contribution in [0.3, 0.4) is 0 Å². The molecule has 1 heterocycles. The van der Waals surface area contributed by atoms with Gasteiger partial charge in [-0.05, 0) is 62.4 Å². The number of nitrogens with zero attached hydrogens (tertiary/aromatic N) is 1. The van der Waals surface area contributed by atoms with Crippen molar-refractivity contribution in [2.45, 2.75) is 46.1 Å². The van der Waals surface area contributed by atoms with Crippen LogP contribution in [-0.4, -0.2) is 31.1 Å². The summed E-state index contributed by atoms with van der Waals surface area (Å²) in [5.74, 6) is 0.863. The Balaban J connectivity index is 1.89. The van der Waals surface area contributed by atoms with Gasteiger partial charge in [-0.15, -0.1) is 0 Å². The fourth-order valence-electron chi connectivity index (χ4n) is 3.15. The maximum Gasteiger partial charge on any atom is 0.0236 e. The monoisotopic (exact) mass is 274 g/mol. The summed E-state index contributed by atoms with van der Waals surface area (Å²) in [6.07, 6.45) is 5.13. The second-order valence-electron chi connectivity index (χ2n) is 6.25. The van der Waals surface area contributed by atoms with Gasteiger partial charge in [0.25, 0.3) is 0 Å². The number of nitrogens with one attached hydrogen (secondary N) is 1. The minimum Gasteiger partial charge on any atom is -0.316 e. The Morgan fingerprint density at radius 2 is 2.00 bits per heavy atom. The molecule has 1 fully saturated rings. The number of piperidine rings is 1. The van der Waals surface area contributed by atoms with Crippen molar-refractivity contribution in [1.29, 1.82) is 0 Å². The van der Waals surface area contributed by atoms with Gasteiger partial charge in [0, 0.05) is 13.1 Å². The Kier molecular flexibility index (Phi) is 6.55. The highest BCUT2D eigenvalue weighted by molar-refractivity contribution is 5.27. The minimum atomic E-state index is 0.863. The predicted octanol–water partition coefficient (Wildman–Crippen LogP) is 3.46. The molecular weight excluding hydrogens is 244 g/mol. The van der Waals surface area contributed by atoms with Crippen molar-refractivity contribution in [2.75, 3.05) is 26.2 Å². The molecule has 2 rings (SSSR count). The lowest BCUT2D eigenvalue weighted by atomic mass is 9.98.